The van der Waals surface area contributed by atoms with Crippen LogP contribution in [0.3, 0.4) is 0 Å². The number of alkyl halides is 5. The summed E-state index contributed by atoms with van der Waals surface area (Å²) < 4.78 is 64.3. The average molecular weight is 301 g/mol. The fourth-order valence-corrected chi connectivity index (χ4v) is 1.18. The summed E-state index contributed by atoms with van der Waals surface area (Å²) in [5.74, 6) is -3.21. The smallest absolute Gasteiger partial charge is 0.381 e. The van der Waals surface area contributed by atoms with E-state index in [1.807, 2.05) is 0 Å². The molecule has 0 saturated heterocycles. The second-order valence-electron chi connectivity index (χ2n) is 3.22. The number of ether oxygens (including phenoxy) is 1. The van der Waals surface area contributed by atoms with Crippen molar-refractivity contribution in [2.75, 3.05) is 0 Å². The molecule has 0 atom stereocenters. The van der Waals surface area contributed by atoms with Gasteiger partial charge in [0, 0.05) is 6.07 Å². The molecule has 0 fully saturated rings. The molecular formula is C8H4F5N3O4. The van der Waals surface area contributed by atoms with Crippen LogP contribution in [0.5, 0.6) is 5.88 Å². The lowest BCUT2D eigenvalue weighted by molar-refractivity contribution is -0.389. The van der Waals surface area contributed by atoms with Gasteiger partial charge in [0.1, 0.15) is 5.69 Å². The first-order valence-corrected chi connectivity index (χ1v) is 4.56. The molecule has 20 heavy (non-hydrogen) atoms. The first kappa shape index (κ1) is 15.5. The molecule has 0 aromatic carbocycles. The first-order valence-electron chi connectivity index (χ1n) is 4.56. The van der Waals surface area contributed by atoms with Crippen LogP contribution in [0.25, 0.3) is 0 Å². The summed E-state index contributed by atoms with van der Waals surface area (Å²) in [5.41, 5.74) is 0.774. The second kappa shape index (κ2) is 5.22. The van der Waals surface area contributed by atoms with E-state index in [-0.39, 0.29) is 6.07 Å². The van der Waals surface area contributed by atoms with Gasteiger partial charge in [0.05, 0.1) is 10.5 Å². The Kier molecular flexibility index (Phi) is 4.06. The van der Waals surface area contributed by atoms with E-state index in [1.54, 1.807) is 0 Å². The molecule has 1 heterocycles. The first-order chi connectivity index (χ1) is 9.03. The fraction of sp³-hybridized carbons (Fsp3) is 0.250. The maximum Gasteiger partial charge on any atom is 0.574 e. The highest BCUT2D eigenvalue weighted by Gasteiger charge is 2.37. The van der Waals surface area contributed by atoms with E-state index >= 15 is 0 Å². The SMILES string of the molecule is NC(=O)c1cc([N+](=O)[O-])c(OC(F)(F)F)nc1C(F)F. The summed E-state index contributed by atoms with van der Waals surface area (Å²) in [4.78, 5) is 22.7. The summed E-state index contributed by atoms with van der Waals surface area (Å²) >= 11 is 0. The third-order valence-electron chi connectivity index (χ3n) is 1.88. The molecule has 0 aliphatic carbocycles. The summed E-state index contributed by atoms with van der Waals surface area (Å²) in [5, 5.41) is 10.5. The van der Waals surface area contributed by atoms with Gasteiger partial charge in [0.25, 0.3) is 12.3 Å². The third-order valence-corrected chi connectivity index (χ3v) is 1.88. The average Bonchev–Trinajstić information content (AvgIpc) is 2.25. The van der Waals surface area contributed by atoms with Gasteiger partial charge in [-0.05, 0) is 0 Å². The van der Waals surface area contributed by atoms with Gasteiger partial charge in [-0.15, -0.1) is 13.2 Å². The third kappa shape index (κ3) is 3.49. The monoisotopic (exact) mass is 301 g/mol. The minimum atomic E-state index is -5.38. The molecule has 0 aliphatic heterocycles. The van der Waals surface area contributed by atoms with Crippen LogP contribution in [0, 0.1) is 10.1 Å². The molecule has 0 unspecified atom stereocenters. The van der Waals surface area contributed by atoms with Crippen molar-refractivity contribution in [3.8, 4) is 5.88 Å². The molecule has 2 N–H and O–H groups in total. The largest absolute Gasteiger partial charge is 0.574 e. The molecule has 0 radical (unpaired) electrons. The Morgan fingerprint density at radius 3 is 2.35 bits per heavy atom. The highest BCUT2D eigenvalue weighted by Crippen LogP contribution is 2.34. The summed E-state index contributed by atoms with van der Waals surface area (Å²) in [6.45, 7) is 0. The van der Waals surface area contributed by atoms with Crippen molar-refractivity contribution in [1.29, 1.82) is 0 Å². The van der Waals surface area contributed by atoms with Gasteiger partial charge in [0.15, 0.2) is 0 Å². The zero-order chi connectivity index (χ0) is 15.7. The standard InChI is InChI=1S/C8H4F5N3O4/c9-5(10)4-2(6(14)17)1-3(16(18)19)7(15-4)20-8(11,12)13/h1,5H,(H2,14,17). The lowest BCUT2D eigenvalue weighted by atomic mass is 10.1. The molecular weight excluding hydrogens is 297 g/mol. The Morgan fingerprint density at radius 2 is 2.00 bits per heavy atom. The van der Waals surface area contributed by atoms with Crippen LogP contribution >= 0.6 is 0 Å². The van der Waals surface area contributed by atoms with Gasteiger partial charge < -0.3 is 10.5 Å². The van der Waals surface area contributed by atoms with Crippen LogP contribution in [0.1, 0.15) is 22.5 Å². The number of carbonyl (C=O) groups excluding carboxylic acids is 1. The van der Waals surface area contributed by atoms with Gasteiger partial charge in [-0.2, -0.15) is 0 Å². The lowest BCUT2D eigenvalue weighted by Crippen LogP contribution is -2.21. The van der Waals surface area contributed by atoms with E-state index in [2.05, 4.69) is 9.72 Å². The minimum Gasteiger partial charge on any atom is -0.381 e. The number of pyridine rings is 1. The topological polar surface area (TPSA) is 108 Å². The van der Waals surface area contributed by atoms with E-state index in [4.69, 9.17) is 5.73 Å². The molecule has 12 heteroatoms. The van der Waals surface area contributed by atoms with Gasteiger partial charge in [-0.25, -0.2) is 13.8 Å². The van der Waals surface area contributed by atoms with E-state index in [1.165, 1.54) is 0 Å². The molecule has 1 aromatic heterocycles. The molecule has 0 saturated carbocycles. The molecule has 110 valence electrons. The number of hydrogen-bond acceptors (Lipinski definition) is 5. The van der Waals surface area contributed by atoms with Crippen LogP contribution in [-0.4, -0.2) is 22.2 Å². The van der Waals surface area contributed by atoms with Gasteiger partial charge in [0.2, 0.25) is 0 Å². The highest BCUT2D eigenvalue weighted by atomic mass is 19.4. The van der Waals surface area contributed by atoms with Crippen molar-refractivity contribution in [2.24, 2.45) is 5.73 Å². The van der Waals surface area contributed by atoms with E-state index in [0.717, 1.165) is 0 Å². The van der Waals surface area contributed by atoms with Gasteiger partial charge in [-0.1, -0.05) is 0 Å². The molecule has 1 amide bonds. The summed E-state index contributed by atoms with van der Waals surface area (Å²) in [7, 11) is 0. The Labute approximate surface area is 106 Å². The molecule has 0 spiro atoms. The number of nitrogens with two attached hydrogens (primary N) is 1. The Morgan fingerprint density at radius 1 is 1.45 bits per heavy atom. The lowest BCUT2D eigenvalue weighted by Gasteiger charge is -2.11. The Bertz CT molecular complexity index is 560. The maximum atomic E-state index is 12.6. The van der Waals surface area contributed by atoms with Gasteiger partial charge >= 0.3 is 17.9 Å². The van der Waals surface area contributed by atoms with Crippen molar-refractivity contribution in [3.05, 3.63) is 27.4 Å². The number of hydrogen-bond donors (Lipinski definition) is 1. The predicted octanol–water partition coefficient (Wildman–Crippen LogP) is 1.92. The van der Waals surface area contributed by atoms with E-state index < -0.39 is 46.4 Å². The number of primary amides is 1. The van der Waals surface area contributed by atoms with Crippen molar-refractivity contribution >= 4 is 11.6 Å². The fourth-order valence-electron chi connectivity index (χ4n) is 1.18. The Hall–Kier alpha value is -2.53. The molecule has 1 rings (SSSR count). The van der Waals surface area contributed by atoms with Crippen LogP contribution in [0.2, 0.25) is 0 Å². The van der Waals surface area contributed by atoms with Crippen molar-refractivity contribution < 1.29 is 36.4 Å². The number of carbonyl (C=O) groups is 1. The molecule has 7 nitrogen and oxygen atoms in total. The van der Waals surface area contributed by atoms with Crippen LogP contribution in [0.15, 0.2) is 6.07 Å². The number of halogens is 5. The van der Waals surface area contributed by atoms with Crippen molar-refractivity contribution in [3.63, 3.8) is 0 Å². The number of aromatic nitrogens is 1. The van der Waals surface area contributed by atoms with Crippen LogP contribution in [-0.2, 0) is 0 Å². The highest BCUT2D eigenvalue weighted by molar-refractivity contribution is 5.94. The normalized spacial score (nSPS) is 11.5. The number of nitrogens with zero attached hydrogens (tertiary/aromatic N) is 2. The number of rotatable bonds is 4. The molecule has 1 aromatic rings. The van der Waals surface area contributed by atoms with Crippen LogP contribution in [0.4, 0.5) is 27.6 Å². The molecule has 0 bridgehead atoms. The van der Waals surface area contributed by atoms with Gasteiger partial charge in [-0.3, -0.25) is 14.9 Å². The van der Waals surface area contributed by atoms with Crippen LogP contribution < -0.4 is 10.5 Å². The van der Waals surface area contributed by atoms with Crippen molar-refractivity contribution in [1.82, 2.24) is 4.98 Å². The summed E-state index contributed by atoms with van der Waals surface area (Å²) in [6.07, 6.45) is -8.86. The van der Waals surface area contributed by atoms with E-state index in [9.17, 15) is 36.9 Å². The predicted molar refractivity (Wildman–Crippen MR) is 51.0 cm³/mol. The number of nitro groups is 1. The number of amides is 1. The maximum absolute atomic E-state index is 12.6. The molecule has 0 aliphatic rings. The zero-order valence-corrected chi connectivity index (χ0v) is 9.15. The quantitative estimate of drug-likeness (QED) is 0.519. The summed E-state index contributed by atoms with van der Waals surface area (Å²) in [6, 6.07) is 0.151. The van der Waals surface area contributed by atoms with Crippen molar-refractivity contribution in [2.45, 2.75) is 12.8 Å². The minimum absolute atomic E-state index is 0.151. The Balaban J connectivity index is 3.53. The second-order valence-corrected chi connectivity index (χ2v) is 3.22. The zero-order valence-electron chi connectivity index (χ0n) is 9.15. The van der Waals surface area contributed by atoms with E-state index in [0.29, 0.717) is 0 Å².